The number of rotatable bonds is 6. The Bertz CT molecular complexity index is 578. The second-order valence-electron chi connectivity index (χ2n) is 4.41. The molecule has 0 radical (unpaired) electrons. The molecule has 1 amide bonds. The van der Waals surface area contributed by atoms with Gasteiger partial charge in [-0.2, -0.15) is 0 Å². The van der Waals surface area contributed by atoms with Gasteiger partial charge in [0.2, 0.25) is 11.0 Å². The predicted molar refractivity (Wildman–Crippen MR) is 77.1 cm³/mol. The third-order valence-corrected chi connectivity index (χ3v) is 3.84. The van der Waals surface area contributed by atoms with Gasteiger partial charge in [0.15, 0.2) is 0 Å². The molecule has 0 fully saturated rings. The molecule has 0 aliphatic carbocycles. The van der Waals surface area contributed by atoms with Crippen LogP contribution in [0.3, 0.4) is 0 Å². The molecule has 0 bridgehead atoms. The molecule has 2 aromatic rings. The molecule has 0 aliphatic heterocycles. The molecular weight excluding hydrogens is 276 g/mol. The van der Waals surface area contributed by atoms with Gasteiger partial charge in [-0.3, -0.25) is 4.79 Å². The Kier molecular flexibility index (Phi) is 4.67. The fraction of sp³-hybridized carbons (Fsp3) is 0.500. The number of carbonyl (C=O) groups is 1. The first kappa shape index (κ1) is 14.4. The lowest BCUT2D eigenvalue weighted by atomic mass is 10.3. The smallest absolute Gasteiger partial charge is 0.222 e. The van der Waals surface area contributed by atoms with Crippen LogP contribution < -0.4 is 11.1 Å². The number of nitrogen functional groups attached to an aromatic ring is 1. The minimum atomic E-state index is -0.175. The summed E-state index contributed by atoms with van der Waals surface area (Å²) in [5.74, 6) is 0.963. The van der Waals surface area contributed by atoms with Crippen molar-refractivity contribution in [3.05, 3.63) is 23.2 Å². The Hall–Kier alpha value is -1.96. The van der Waals surface area contributed by atoms with Crippen LogP contribution in [0.5, 0.6) is 0 Å². The highest BCUT2D eigenvalue weighted by Gasteiger charge is 2.14. The molecule has 0 unspecified atom stereocenters. The fourth-order valence-electron chi connectivity index (χ4n) is 1.88. The van der Waals surface area contributed by atoms with Crippen LogP contribution in [0.2, 0.25) is 0 Å². The van der Waals surface area contributed by atoms with Crippen molar-refractivity contribution in [2.75, 3.05) is 5.73 Å². The van der Waals surface area contributed by atoms with Crippen LogP contribution in [-0.4, -0.2) is 25.7 Å². The van der Waals surface area contributed by atoms with E-state index in [2.05, 4.69) is 20.5 Å². The highest BCUT2D eigenvalue weighted by molar-refractivity contribution is 7.15. The van der Waals surface area contributed by atoms with Gasteiger partial charge >= 0.3 is 0 Å². The molecule has 0 spiro atoms. The number of imidazole rings is 1. The molecule has 8 heteroatoms. The van der Waals surface area contributed by atoms with Crippen LogP contribution >= 0.6 is 11.3 Å². The molecule has 2 rings (SSSR count). The molecule has 0 saturated heterocycles. The number of nitrogens with one attached hydrogen (secondary N) is 1. The highest BCUT2D eigenvalue weighted by atomic mass is 32.1. The van der Waals surface area contributed by atoms with E-state index >= 15 is 0 Å². The standard InChI is InChI=1S/C12H18N6OS/c1-3-9-14-5-7-18(9)6-4-10(19)15-8(2)11-16-17-12(13)20-11/h5,7-8H,3-4,6H2,1-2H3,(H2,13,17)(H,15,19)/t8-/m1/s1. The fourth-order valence-corrected chi connectivity index (χ4v) is 2.49. The van der Waals surface area contributed by atoms with Gasteiger partial charge in [0.05, 0.1) is 6.04 Å². The molecule has 0 aliphatic rings. The van der Waals surface area contributed by atoms with Gasteiger partial charge in [0, 0.05) is 31.8 Å². The number of amides is 1. The van der Waals surface area contributed by atoms with Gasteiger partial charge in [0.25, 0.3) is 0 Å². The second kappa shape index (κ2) is 6.47. The van der Waals surface area contributed by atoms with E-state index in [0.29, 0.717) is 23.1 Å². The maximum atomic E-state index is 11.9. The Balaban J connectivity index is 1.83. The zero-order valence-corrected chi connectivity index (χ0v) is 12.4. The lowest BCUT2D eigenvalue weighted by Crippen LogP contribution is -2.27. The van der Waals surface area contributed by atoms with Gasteiger partial charge in [-0.05, 0) is 6.92 Å². The molecular formula is C12H18N6OS. The highest BCUT2D eigenvalue weighted by Crippen LogP contribution is 2.18. The average Bonchev–Trinajstić information content (AvgIpc) is 3.04. The molecule has 1 atom stereocenters. The zero-order valence-electron chi connectivity index (χ0n) is 11.5. The second-order valence-corrected chi connectivity index (χ2v) is 5.45. The van der Waals surface area contributed by atoms with E-state index in [0.717, 1.165) is 12.2 Å². The molecule has 7 nitrogen and oxygen atoms in total. The van der Waals surface area contributed by atoms with Crippen molar-refractivity contribution in [1.29, 1.82) is 0 Å². The summed E-state index contributed by atoms with van der Waals surface area (Å²) in [4.78, 5) is 16.1. The molecule has 0 saturated carbocycles. The average molecular weight is 294 g/mol. The number of anilines is 1. The minimum absolute atomic E-state index is 0.0259. The van der Waals surface area contributed by atoms with Gasteiger partial charge in [-0.1, -0.05) is 18.3 Å². The Morgan fingerprint density at radius 1 is 1.55 bits per heavy atom. The summed E-state index contributed by atoms with van der Waals surface area (Å²) in [5, 5.41) is 11.7. The number of carbonyl (C=O) groups excluding carboxylic acids is 1. The van der Waals surface area contributed by atoms with Crippen molar-refractivity contribution in [1.82, 2.24) is 25.1 Å². The number of aryl methyl sites for hydroxylation is 2. The number of nitrogens with zero attached hydrogens (tertiary/aromatic N) is 4. The Morgan fingerprint density at radius 3 is 3.00 bits per heavy atom. The van der Waals surface area contributed by atoms with Crippen molar-refractivity contribution in [3.63, 3.8) is 0 Å². The van der Waals surface area contributed by atoms with E-state index in [4.69, 9.17) is 5.73 Å². The number of nitrogens with two attached hydrogens (primary N) is 1. The maximum Gasteiger partial charge on any atom is 0.222 e. The largest absolute Gasteiger partial charge is 0.374 e. The van der Waals surface area contributed by atoms with E-state index in [1.165, 1.54) is 11.3 Å². The maximum absolute atomic E-state index is 11.9. The lowest BCUT2D eigenvalue weighted by Gasteiger charge is -2.11. The van der Waals surface area contributed by atoms with Crippen molar-refractivity contribution in [2.24, 2.45) is 0 Å². The zero-order chi connectivity index (χ0) is 14.5. The first-order valence-electron chi connectivity index (χ1n) is 6.48. The summed E-state index contributed by atoms with van der Waals surface area (Å²) in [7, 11) is 0. The topological polar surface area (TPSA) is 98.7 Å². The molecule has 108 valence electrons. The van der Waals surface area contributed by atoms with Gasteiger partial charge in [0.1, 0.15) is 10.8 Å². The van der Waals surface area contributed by atoms with Crippen molar-refractivity contribution in [3.8, 4) is 0 Å². The molecule has 3 N–H and O–H groups in total. The third kappa shape index (κ3) is 3.53. The first-order chi connectivity index (χ1) is 9.60. The minimum Gasteiger partial charge on any atom is -0.374 e. The molecule has 2 aromatic heterocycles. The number of aromatic nitrogens is 4. The van der Waals surface area contributed by atoms with Crippen molar-refractivity contribution < 1.29 is 4.79 Å². The van der Waals surface area contributed by atoms with Crippen molar-refractivity contribution >= 4 is 22.4 Å². The summed E-state index contributed by atoms with van der Waals surface area (Å²) >= 11 is 1.29. The molecule has 20 heavy (non-hydrogen) atoms. The lowest BCUT2D eigenvalue weighted by molar-refractivity contribution is -0.121. The van der Waals surface area contributed by atoms with E-state index in [-0.39, 0.29) is 11.9 Å². The first-order valence-corrected chi connectivity index (χ1v) is 7.30. The summed E-state index contributed by atoms with van der Waals surface area (Å²) in [6.07, 6.45) is 4.90. The molecule has 0 aromatic carbocycles. The summed E-state index contributed by atoms with van der Waals surface area (Å²) in [5.41, 5.74) is 5.52. The number of hydrogen-bond acceptors (Lipinski definition) is 6. The normalized spacial score (nSPS) is 12.3. The Labute approximate surface area is 121 Å². The van der Waals surface area contributed by atoms with Crippen LogP contribution in [-0.2, 0) is 17.8 Å². The number of hydrogen-bond donors (Lipinski definition) is 2. The SMILES string of the molecule is CCc1nccn1CCC(=O)N[C@H](C)c1nnc(N)s1. The van der Waals surface area contributed by atoms with Crippen LogP contribution in [0.4, 0.5) is 5.13 Å². The van der Waals surface area contributed by atoms with Gasteiger partial charge < -0.3 is 15.6 Å². The van der Waals surface area contributed by atoms with Crippen LogP contribution in [0.25, 0.3) is 0 Å². The third-order valence-electron chi connectivity index (χ3n) is 2.90. The van der Waals surface area contributed by atoms with Crippen molar-refractivity contribution in [2.45, 2.75) is 39.3 Å². The summed E-state index contributed by atoms with van der Waals surface area (Å²) < 4.78 is 1.99. The molecule has 2 heterocycles. The van der Waals surface area contributed by atoms with Crippen LogP contribution in [0, 0.1) is 0 Å². The van der Waals surface area contributed by atoms with E-state index < -0.39 is 0 Å². The van der Waals surface area contributed by atoms with Gasteiger partial charge in [-0.15, -0.1) is 10.2 Å². The van der Waals surface area contributed by atoms with E-state index in [1.807, 2.05) is 24.6 Å². The summed E-state index contributed by atoms with van der Waals surface area (Å²) in [6, 6.07) is -0.175. The van der Waals surface area contributed by atoms with Gasteiger partial charge in [-0.25, -0.2) is 4.98 Å². The van der Waals surface area contributed by atoms with Crippen LogP contribution in [0.1, 0.15) is 37.1 Å². The van der Waals surface area contributed by atoms with E-state index in [1.54, 1.807) is 6.20 Å². The Morgan fingerprint density at radius 2 is 2.35 bits per heavy atom. The summed E-state index contributed by atoms with van der Waals surface area (Å²) in [6.45, 7) is 4.54. The predicted octanol–water partition coefficient (Wildman–Crippen LogP) is 1.15. The quantitative estimate of drug-likeness (QED) is 0.832. The van der Waals surface area contributed by atoms with Crippen LogP contribution in [0.15, 0.2) is 12.4 Å². The monoisotopic (exact) mass is 294 g/mol. The van der Waals surface area contributed by atoms with E-state index in [9.17, 15) is 4.79 Å².